The first-order valence-corrected chi connectivity index (χ1v) is 9.03. The predicted octanol–water partition coefficient (Wildman–Crippen LogP) is 2.36. The Kier molecular flexibility index (Phi) is 4.20. The van der Waals surface area contributed by atoms with E-state index in [1.165, 1.54) is 32.1 Å². The SMILES string of the molecule is Cn1nc(-c2ccc(-n3cnnn3)cc2)sc1=NC1CCCCC1. The Hall–Kier alpha value is -2.35. The van der Waals surface area contributed by atoms with E-state index < -0.39 is 0 Å². The summed E-state index contributed by atoms with van der Waals surface area (Å²) < 4.78 is 3.53. The summed E-state index contributed by atoms with van der Waals surface area (Å²) >= 11 is 1.65. The second-order valence-electron chi connectivity index (χ2n) is 6.04. The lowest BCUT2D eigenvalue weighted by atomic mass is 9.96. The quantitative estimate of drug-likeness (QED) is 0.733. The van der Waals surface area contributed by atoms with Crippen molar-refractivity contribution in [3.63, 3.8) is 0 Å². The lowest BCUT2D eigenvalue weighted by Crippen LogP contribution is -2.18. The Labute approximate surface area is 143 Å². The molecule has 0 saturated heterocycles. The smallest absolute Gasteiger partial charge is 0.203 e. The first-order chi connectivity index (χ1) is 11.8. The van der Waals surface area contributed by atoms with Gasteiger partial charge in [0.15, 0.2) is 0 Å². The Morgan fingerprint density at radius 3 is 2.62 bits per heavy atom. The molecule has 7 nitrogen and oxygen atoms in total. The highest BCUT2D eigenvalue weighted by atomic mass is 32.1. The molecule has 24 heavy (non-hydrogen) atoms. The molecular formula is C16H19N7S. The highest BCUT2D eigenvalue weighted by Gasteiger charge is 2.13. The molecule has 0 atom stereocenters. The summed E-state index contributed by atoms with van der Waals surface area (Å²) in [4.78, 5) is 5.91. The zero-order chi connectivity index (χ0) is 16.4. The maximum atomic E-state index is 4.91. The molecule has 0 radical (unpaired) electrons. The van der Waals surface area contributed by atoms with Crippen molar-refractivity contribution >= 4 is 11.3 Å². The van der Waals surface area contributed by atoms with E-state index in [0.717, 1.165) is 21.1 Å². The average molecular weight is 341 g/mol. The molecule has 2 heterocycles. The Morgan fingerprint density at radius 1 is 1.12 bits per heavy atom. The van der Waals surface area contributed by atoms with Gasteiger partial charge in [-0.3, -0.25) is 4.99 Å². The van der Waals surface area contributed by atoms with E-state index in [1.54, 1.807) is 22.3 Å². The van der Waals surface area contributed by atoms with Gasteiger partial charge in [-0.25, -0.2) is 9.36 Å². The molecule has 1 aromatic carbocycles. The maximum Gasteiger partial charge on any atom is 0.203 e. The van der Waals surface area contributed by atoms with Crippen LogP contribution in [0.1, 0.15) is 32.1 Å². The third kappa shape index (κ3) is 3.14. The molecule has 1 aliphatic carbocycles. The van der Waals surface area contributed by atoms with Crippen molar-refractivity contribution in [1.82, 2.24) is 30.0 Å². The van der Waals surface area contributed by atoms with E-state index in [2.05, 4.69) is 20.6 Å². The van der Waals surface area contributed by atoms with Crippen LogP contribution < -0.4 is 4.80 Å². The first kappa shape index (κ1) is 15.2. The summed E-state index contributed by atoms with van der Waals surface area (Å²) in [6.07, 6.45) is 7.92. The predicted molar refractivity (Wildman–Crippen MR) is 91.7 cm³/mol. The van der Waals surface area contributed by atoms with E-state index in [0.29, 0.717) is 6.04 Å². The fraction of sp³-hybridized carbons (Fsp3) is 0.438. The van der Waals surface area contributed by atoms with Crippen LogP contribution in [0.4, 0.5) is 0 Å². The van der Waals surface area contributed by atoms with Crippen molar-refractivity contribution in [2.75, 3.05) is 0 Å². The van der Waals surface area contributed by atoms with Crippen molar-refractivity contribution in [3.05, 3.63) is 35.4 Å². The van der Waals surface area contributed by atoms with E-state index in [-0.39, 0.29) is 0 Å². The molecule has 0 N–H and O–H groups in total. The largest absolute Gasteiger partial charge is 0.254 e. The second-order valence-corrected chi connectivity index (χ2v) is 6.99. The molecule has 0 amide bonds. The van der Waals surface area contributed by atoms with Gasteiger partial charge >= 0.3 is 0 Å². The van der Waals surface area contributed by atoms with Crippen LogP contribution in [0.3, 0.4) is 0 Å². The minimum atomic E-state index is 0.459. The lowest BCUT2D eigenvalue weighted by molar-refractivity contribution is 0.434. The molecular weight excluding hydrogens is 322 g/mol. The van der Waals surface area contributed by atoms with Crippen LogP contribution in [0.2, 0.25) is 0 Å². The summed E-state index contributed by atoms with van der Waals surface area (Å²) in [6, 6.07) is 8.52. The van der Waals surface area contributed by atoms with Gasteiger partial charge in [-0.15, -0.1) is 5.10 Å². The summed E-state index contributed by atoms with van der Waals surface area (Å²) in [5.74, 6) is 0. The van der Waals surface area contributed by atoms with Crippen molar-refractivity contribution in [2.45, 2.75) is 38.1 Å². The zero-order valence-corrected chi connectivity index (χ0v) is 14.4. The van der Waals surface area contributed by atoms with Crippen LogP contribution in [0.15, 0.2) is 35.6 Å². The Bertz CT molecular complexity index is 855. The molecule has 124 valence electrons. The van der Waals surface area contributed by atoms with Crippen LogP contribution in [0, 0.1) is 0 Å². The number of tetrazole rings is 1. The second kappa shape index (κ2) is 6.64. The topological polar surface area (TPSA) is 73.8 Å². The van der Waals surface area contributed by atoms with Gasteiger partial charge in [-0.2, -0.15) is 5.10 Å². The van der Waals surface area contributed by atoms with Gasteiger partial charge < -0.3 is 0 Å². The summed E-state index contributed by atoms with van der Waals surface area (Å²) in [5.41, 5.74) is 2.01. The molecule has 0 aliphatic heterocycles. The normalized spacial score (nSPS) is 16.6. The van der Waals surface area contributed by atoms with Crippen LogP contribution in [-0.2, 0) is 7.05 Å². The third-order valence-electron chi connectivity index (χ3n) is 4.30. The molecule has 0 bridgehead atoms. The standard InChI is InChI=1S/C16H19N7S/c1-22-16(18-13-5-3-2-4-6-13)24-15(19-22)12-7-9-14(10-8-12)23-11-17-20-21-23/h7-11,13H,2-6H2,1H3. The van der Waals surface area contributed by atoms with Gasteiger partial charge in [-0.1, -0.05) is 30.6 Å². The average Bonchev–Trinajstić information content (AvgIpc) is 3.27. The van der Waals surface area contributed by atoms with Gasteiger partial charge in [0.25, 0.3) is 0 Å². The molecule has 1 fully saturated rings. The lowest BCUT2D eigenvalue weighted by Gasteiger charge is -2.16. The van der Waals surface area contributed by atoms with Crippen LogP contribution in [0.5, 0.6) is 0 Å². The van der Waals surface area contributed by atoms with Gasteiger partial charge in [0.2, 0.25) is 4.80 Å². The first-order valence-electron chi connectivity index (χ1n) is 8.21. The van der Waals surface area contributed by atoms with Crippen LogP contribution in [0.25, 0.3) is 16.3 Å². The number of aromatic nitrogens is 6. The van der Waals surface area contributed by atoms with Crippen molar-refractivity contribution < 1.29 is 0 Å². The number of hydrogen-bond donors (Lipinski definition) is 0. The van der Waals surface area contributed by atoms with E-state index in [9.17, 15) is 0 Å². The fourth-order valence-corrected chi connectivity index (χ4v) is 3.95. The Morgan fingerprint density at radius 2 is 1.92 bits per heavy atom. The number of hydrogen-bond acceptors (Lipinski definition) is 6. The highest BCUT2D eigenvalue weighted by molar-refractivity contribution is 7.12. The van der Waals surface area contributed by atoms with Gasteiger partial charge in [0.05, 0.1) is 11.7 Å². The third-order valence-corrected chi connectivity index (χ3v) is 5.36. The monoisotopic (exact) mass is 341 g/mol. The van der Waals surface area contributed by atoms with Crippen molar-refractivity contribution in [2.24, 2.45) is 12.0 Å². The highest BCUT2D eigenvalue weighted by Crippen LogP contribution is 2.22. The molecule has 1 aliphatic rings. The maximum absolute atomic E-state index is 4.91. The molecule has 1 saturated carbocycles. The molecule has 3 aromatic rings. The molecule has 2 aromatic heterocycles. The molecule has 4 rings (SSSR count). The molecule has 0 spiro atoms. The molecule has 8 heteroatoms. The van der Waals surface area contributed by atoms with E-state index >= 15 is 0 Å². The van der Waals surface area contributed by atoms with Crippen molar-refractivity contribution in [3.8, 4) is 16.3 Å². The van der Waals surface area contributed by atoms with E-state index in [4.69, 9.17) is 4.99 Å². The van der Waals surface area contributed by atoms with Crippen LogP contribution >= 0.6 is 11.3 Å². The molecule has 0 unspecified atom stereocenters. The minimum Gasteiger partial charge on any atom is -0.254 e. The zero-order valence-electron chi connectivity index (χ0n) is 13.5. The summed E-state index contributed by atoms with van der Waals surface area (Å²) in [6.45, 7) is 0. The number of rotatable bonds is 3. The van der Waals surface area contributed by atoms with Gasteiger partial charge in [0, 0.05) is 12.6 Å². The Balaban J connectivity index is 1.60. The summed E-state index contributed by atoms with van der Waals surface area (Å²) in [7, 11) is 1.97. The number of benzene rings is 1. The van der Waals surface area contributed by atoms with Crippen molar-refractivity contribution in [1.29, 1.82) is 0 Å². The van der Waals surface area contributed by atoms with Gasteiger partial charge in [-0.05, 0) is 47.5 Å². The minimum absolute atomic E-state index is 0.459. The number of nitrogens with zero attached hydrogens (tertiary/aromatic N) is 7. The van der Waals surface area contributed by atoms with Gasteiger partial charge in [0.1, 0.15) is 11.3 Å². The fourth-order valence-electron chi connectivity index (χ4n) is 2.98. The van der Waals surface area contributed by atoms with Crippen LogP contribution in [-0.4, -0.2) is 36.0 Å². The number of aryl methyl sites for hydroxylation is 1. The summed E-state index contributed by atoms with van der Waals surface area (Å²) in [5, 5.41) is 16.8. The van der Waals surface area contributed by atoms with E-state index in [1.807, 2.05) is 36.0 Å².